The zero-order valence-corrected chi connectivity index (χ0v) is 17.6. The number of hydrogen-bond acceptors (Lipinski definition) is 5. The number of carbonyl (C=O) groups is 1. The van der Waals surface area contributed by atoms with Crippen LogP contribution in [0.3, 0.4) is 0 Å². The largest absolute Gasteiger partial charge is 0.497 e. The van der Waals surface area contributed by atoms with Gasteiger partial charge < -0.3 is 4.74 Å². The van der Waals surface area contributed by atoms with Gasteiger partial charge in [-0.1, -0.05) is 29.3 Å². The van der Waals surface area contributed by atoms with Crippen molar-refractivity contribution in [1.82, 2.24) is 5.43 Å². The molecule has 0 fully saturated rings. The highest BCUT2D eigenvalue weighted by molar-refractivity contribution is 7.92. The summed E-state index contributed by atoms with van der Waals surface area (Å²) in [4.78, 5) is 12.3. The molecule has 0 saturated heterocycles. The number of hydrogen-bond donors (Lipinski definition) is 1. The first-order chi connectivity index (χ1) is 13.3. The molecule has 0 aromatic heterocycles. The minimum absolute atomic E-state index is 0.162. The minimum Gasteiger partial charge on any atom is -0.497 e. The summed E-state index contributed by atoms with van der Waals surface area (Å²) >= 11 is 12.1. The van der Waals surface area contributed by atoms with Crippen molar-refractivity contribution in [2.24, 2.45) is 5.10 Å². The molecule has 2 rings (SSSR count). The summed E-state index contributed by atoms with van der Waals surface area (Å²) in [5, 5.41) is 4.56. The van der Waals surface area contributed by atoms with Gasteiger partial charge in [-0.15, -0.1) is 0 Å². The Balaban J connectivity index is 2.15. The summed E-state index contributed by atoms with van der Waals surface area (Å²) in [6, 6.07) is 11.3. The molecule has 0 bridgehead atoms. The lowest BCUT2D eigenvalue weighted by Gasteiger charge is -2.23. The maximum absolute atomic E-state index is 12.4. The molecule has 2 aromatic carbocycles. The molecule has 1 amide bonds. The van der Waals surface area contributed by atoms with E-state index in [0.29, 0.717) is 27.0 Å². The van der Waals surface area contributed by atoms with Crippen LogP contribution in [-0.2, 0) is 14.8 Å². The van der Waals surface area contributed by atoms with Crippen molar-refractivity contribution in [2.75, 3.05) is 23.7 Å². The third-order valence-electron chi connectivity index (χ3n) is 3.73. The van der Waals surface area contributed by atoms with E-state index in [2.05, 4.69) is 10.5 Å². The number of rotatable bonds is 8. The van der Waals surface area contributed by atoms with Gasteiger partial charge in [-0.3, -0.25) is 9.10 Å². The van der Waals surface area contributed by atoms with Crippen LogP contribution in [0, 0.1) is 0 Å². The molecule has 0 saturated carbocycles. The minimum atomic E-state index is -3.68. The molecular formula is C18H19Cl2N3O4S. The maximum atomic E-state index is 12.4. The van der Waals surface area contributed by atoms with Gasteiger partial charge in [0.05, 0.1) is 34.8 Å². The molecular weight excluding hydrogens is 425 g/mol. The predicted octanol–water partition coefficient (Wildman–Crippen LogP) is 3.31. The molecule has 0 spiro atoms. The molecule has 0 aliphatic heterocycles. The van der Waals surface area contributed by atoms with E-state index in [-0.39, 0.29) is 5.75 Å². The van der Waals surface area contributed by atoms with E-state index >= 15 is 0 Å². The fourth-order valence-electron chi connectivity index (χ4n) is 2.22. The highest BCUT2D eigenvalue weighted by Gasteiger charge is 2.23. The molecule has 0 radical (unpaired) electrons. The monoisotopic (exact) mass is 443 g/mol. The fraction of sp³-hybridized carbons (Fsp3) is 0.222. The topological polar surface area (TPSA) is 88.1 Å². The van der Waals surface area contributed by atoms with E-state index in [9.17, 15) is 13.2 Å². The lowest BCUT2D eigenvalue weighted by Crippen LogP contribution is -2.40. The summed E-state index contributed by atoms with van der Waals surface area (Å²) in [5.41, 5.74) is 3.07. The van der Waals surface area contributed by atoms with Crippen molar-refractivity contribution in [2.45, 2.75) is 6.92 Å². The number of nitrogens with one attached hydrogen (secondary N) is 1. The molecule has 150 valence electrons. The van der Waals surface area contributed by atoms with Crippen LogP contribution in [0.5, 0.6) is 5.75 Å². The number of ether oxygens (including phenoxy) is 1. The molecule has 0 atom stereocenters. The third kappa shape index (κ3) is 5.60. The van der Waals surface area contributed by atoms with Gasteiger partial charge in [-0.05, 0) is 43.3 Å². The van der Waals surface area contributed by atoms with Gasteiger partial charge in [0.25, 0.3) is 5.91 Å². The molecule has 0 aliphatic carbocycles. The number of hydrazone groups is 1. The van der Waals surface area contributed by atoms with Crippen molar-refractivity contribution in [3.63, 3.8) is 0 Å². The van der Waals surface area contributed by atoms with E-state index < -0.39 is 22.5 Å². The van der Waals surface area contributed by atoms with E-state index in [0.717, 1.165) is 4.31 Å². The van der Waals surface area contributed by atoms with Gasteiger partial charge >= 0.3 is 0 Å². The first-order valence-corrected chi connectivity index (χ1v) is 10.6. The standard InChI is InChI=1S/C18H19Cl2N3O4S/c1-3-28(25,26)23(13-7-9-14(27-2)10-8-13)12-18(24)22-21-11-15-16(19)5-4-6-17(15)20/h4-11H,3,12H2,1-2H3,(H,22,24)/b21-11-. The predicted molar refractivity (Wildman–Crippen MR) is 112 cm³/mol. The van der Waals surface area contributed by atoms with E-state index in [1.54, 1.807) is 42.5 Å². The Hall–Kier alpha value is -2.29. The van der Waals surface area contributed by atoms with Gasteiger partial charge in [0, 0.05) is 5.56 Å². The summed E-state index contributed by atoms with van der Waals surface area (Å²) in [6.07, 6.45) is 1.30. The SMILES string of the molecule is CCS(=O)(=O)N(CC(=O)N/N=C\c1c(Cl)cccc1Cl)c1ccc(OC)cc1. The Kier molecular flexibility index (Phi) is 7.68. The Morgan fingerprint density at radius 2 is 1.79 bits per heavy atom. The fourth-order valence-corrected chi connectivity index (χ4v) is 3.79. The number of anilines is 1. The number of benzene rings is 2. The van der Waals surface area contributed by atoms with Crippen molar-refractivity contribution in [1.29, 1.82) is 0 Å². The van der Waals surface area contributed by atoms with E-state index in [1.807, 2.05) is 0 Å². The van der Waals surface area contributed by atoms with Crippen molar-refractivity contribution < 1.29 is 17.9 Å². The first-order valence-electron chi connectivity index (χ1n) is 8.19. The summed E-state index contributed by atoms with van der Waals surface area (Å²) in [5.74, 6) is -0.208. The maximum Gasteiger partial charge on any atom is 0.260 e. The van der Waals surface area contributed by atoms with Gasteiger partial charge in [0.15, 0.2) is 0 Å². The second kappa shape index (κ2) is 9.77. The molecule has 0 aliphatic rings. The van der Waals surface area contributed by atoms with Crippen LogP contribution in [-0.4, -0.2) is 39.9 Å². The zero-order valence-electron chi connectivity index (χ0n) is 15.2. The third-order valence-corrected chi connectivity index (χ3v) is 6.13. The van der Waals surface area contributed by atoms with Crippen LogP contribution < -0.4 is 14.5 Å². The van der Waals surface area contributed by atoms with E-state index in [1.165, 1.54) is 20.2 Å². The average Bonchev–Trinajstić information content (AvgIpc) is 2.68. The van der Waals surface area contributed by atoms with Crippen molar-refractivity contribution in [3.05, 3.63) is 58.1 Å². The van der Waals surface area contributed by atoms with Crippen LogP contribution in [0.2, 0.25) is 10.0 Å². The van der Waals surface area contributed by atoms with Gasteiger partial charge in [0.1, 0.15) is 12.3 Å². The van der Waals surface area contributed by atoms with Crippen LogP contribution in [0.4, 0.5) is 5.69 Å². The highest BCUT2D eigenvalue weighted by Crippen LogP contribution is 2.23. The quantitative estimate of drug-likeness (QED) is 0.500. The molecule has 2 aromatic rings. The molecule has 0 unspecified atom stereocenters. The normalized spacial score (nSPS) is 11.4. The number of nitrogens with zero attached hydrogens (tertiary/aromatic N) is 2. The Morgan fingerprint density at radius 3 is 2.32 bits per heavy atom. The average molecular weight is 444 g/mol. The Labute approximate surface area is 173 Å². The number of methoxy groups -OCH3 is 1. The van der Waals surface area contributed by atoms with Gasteiger partial charge in [0.2, 0.25) is 10.0 Å². The Bertz CT molecular complexity index is 943. The van der Waals surface area contributed by atoms with Gasteiger partial charge in [-0.2, -0.15) is 5.10 Å². The number of carbonyl (C=O) groups excluding carboxylic acids is 1. The van der Waals surface area contributed by atoms with Crippen LogP contribution in [0.1, 0.15) is 12.5 Å². The number of halogens is 2. The summed E-state index contributed by atoms with van der Waals surface area (Å²) in [7, 11) is -2.17. The first kappa shape index (κ1) is 22.0. The molecule has 0 heterocycles. The van der Waals surface area contributed by atoms with Gasteiger partial charge in [-0.25, -0.2) is 13.8 Å². The second-order valence-corrected chi connectivity index (χ2v) is 8.53. The highest BCUT2D eigenvalue weighted by atomic mass is 35.5. The molecule has 10 heteroatoms. The van der Waals surface area contributed by atoms with Crippen molar-refractivity contribution >= 4 is 51.0 Å². The second-order valence-electron chi connectivity index (χ2n) is 5.53. The number of amides is 1. The number of sulfonamides is 1. The van der Waals surface area contributed by atoms with Crippen molar-refractivity contribution in [3.8, 4) is 5.75 Å². The molecule has 7 nitrogen and oxygen atoms in total. The molecule has 1 N–H and O–H groups in total. The summed E-state index contributed by atoms with van der Waals surface area (Å²) < 4.78 is 30.9. The molecule has 28 heavy (non-hydrogen) atoms. The van der Waals surface area contributed by atoms with Crippen LogP contribution >= 0.6 is 23.2 Å². The van der Waals surface area contributed by atoms with Crippen LogP contribution in [0.15, 0.2) is 47.6 Å². The van der Waals surface area contributed by atoms with Crippen LogP contribution in [0.25, 0.3) is 0 Å². The lowest BCUT2D eigenvalue weighted by molar-refractivity contribution is -0.119. The van der Waals surface area contributed by atoms with E-state index in [4.69, 9.17) is 27.9 Å². The lowest BCUT2D eigenvalue weighted by atomic mass is 10.2. The smallest absolute Gasteiger partial charge is 0.260 e. The summed E-state index contributed by atoms with van der Waals surface area (Å²) in [6.45, 7) is 1.07. The Morgan fingerprint density at radius 1 is 1.18 bits per heavy atom. The zero-order chi connectivity index (χ0) is 20.7.